The van der Waals surface area contributed by atoms with Crippen molar-refractivity contribution in [3.63, 3.8) is 0 Å². The molecule has 0 unspecified atom stereocenters. The Morgan fingerprint density at radius 1 is 1.37 bits per heavy atom. The van der Waals surface area contributed by atoms with E-state index in [0.717, 1.165) is 12.0 Å². The highest BCUT2D eigenvalue weighted by molar-refractivity contribution is 6.32. The maximum Gasteiger partial charge on any atom is 0.396 e. The number of halogens is 1. The highest BCUT2D eigenvalue weighted by Crippen LogP contribution is 2.19. The first kappa shape index (κ1) is 14.9. The molecular formula is C13H16FNO4. The summed E-state index contributed by atoms with van der Waals surface area (Å²) in [6.07, 6.45) is 0. The monoisotopic (exact) mass is 269 g/mol. The number of methoxy groups -OCH3 is 1. The van der Waals surface area contributed by atoms with Gasteiger partial charge in [0, 0.05) is 13.6 Å². The zero-order chi connectivity index (χ0) is 14.4. The van der Waals surface area contributed by atoms with Gasteiger partial charge >= 0.3 is 11.9 Å². The molecule has 0 saturated carbocycles. The lowest BCUT2D eigenvalue weighted by Gasteiger charge is -2.16. The van der Waals surface area contributed by atoms with Gasteiger partial charge in [0.05, 0.1) is 13.7 Å². The van der Waals surface area contributed by atoms with Crippen LogP contribution in [-0.2, 0) is 20.9 Å². The van der Waals surface area contributed by atoms with Crippen LogP contribution in [0.15, 0.2) is 18.2 Å². The van der Waals surface area contributed by atoms with Crippen LogP contribution in [0.25, 0.3) is 0 Å². The molecule has 0 aromatic heterocycles. The predicted octanol–water partition coefficient (Wildman–Crippen LogP) is 1.36. The lowest BCUT2D eigenvalue weighted by molar-refractivity contribution is -0.157. The maximum absolute atomic E-state index is 13.6. The second kappa shape index (κ2) is 6.72. The third kappa shape index (κ3) is 3.94. The van der Waals surface area contributed by atoms with Crippen molar-refractivity contribution in [2.75, 3.05) is 20.8 Å². The van der Waals surface area contributed by atoms with Crippen LogP contribution in [0.5, 0.6) is 5.75 Å². The van der Waals surface area contributed by atoms with Gasteiger partial charge in [0.15, 0.2) is 11.6 Å². The van der Waals surface area contributed by atoms with Crippen molar-refractivity contribution in [2.24, 2.45) is 0 Å². The van der Waals surface area contributed by atoms with E-state index in [-0.39, 0.29) is 12.3 Å². The van der Waals surface area contributed by atoms with E-state index in [2.05, 4.69) is 4.74 Å². The van der Waals surface area contributed by atoms with Gasteiger partial charge in [-0.25, -0.2) is 9.18 Å². The highest BCUT2D eigenvalue weighted by atomic mass is 19.1. The van der Waals surface area contributed by atoms with E-state index in [0.29, 0.717) is 12.2 Å². The Balaban J connectivity index is 2.75. The van der Waals surface area contributed by atoms with E-state index < -0.39 is 17.7 Å². The van der Waals surface area contributed by atoms with Crippen molar-refractivity contribution in [1.82, 2.24) is 4.90 Å². The first-order valence-corrected chi connectivity index (χ1v) is 5.74. The summed E-state index contributed by atoms with van der Waals surface area (Å²) in [4.78, 5) is 23.7. The number of hydrogen-bond donors (Lipinski definition) is 0. The standard InChI is InChI=1S/C13H16FNO4/c1-4-19-11-6-5-9(7-10(11)14)8-15(2)12(16)13(17)18-3/h5-7H,4,8H2,1-3H3. The fourth-order valence-corrected chi connectivity index (χ4v) is 1.50. The van der Waals surface area contributed by atoms with Crippen LogP contribution in [0, 0.1) is 5.82 Å². The number of esters is 1. The highest BCUT2D eigenvalue weighted by Gasteiger charge is 2.19. The molecular weight excluding hydrogens is 253 g/mol. The minimum atomic E-state index is -0.950. The molecule has 1 rings (SSSR count). The van der Waals surface area contributed by atoms with E-state index in [4.69, 9.17) is 4.74 Å². The summed E-state index contributed by atoms with van der Waals surface area (Å²) in [5.41, 5.74) is 0.556. The lowest BCUT2D eigenvalue weighted by atomic mass is 10.2. The smallest absolute Gasteiger partial charge is 0.396 e. The minimum absolute atomic E-state index is 0.108. The summed E-state index contributed by atoms with van der Waals surface area (Å²) in [6, 6.07) is 4.39. The number of amides is 1. The summed E-state index contributed by atoms with van der Waals surface area (Å²) < 4.78 is 23.0. The Labute approximate surface area is 110 Å². The largest absolute Gasteiger partial charge is 0.491 e. The molecule has 1 amide bonds. The first-order chi connectivity index (χ1) is 8.99. The molecule has 0 fully saturated rings. The fraction of sp³-hybridized carbons (Fsp3) is 0.385. The van der Waals surface area contributed by atoms with E-state index in [9.17, 15) is 14.0 Å². The minimum Gasteiger partial charge on any atom is -0.491 e. The molecule has 0 radical (unpaired) electrons. The van der Waals surface area contributed by atoms with E-state index in [1.165, 1.54) is 19.2 Å². The third-order valence-electron chi connectivity index (χ3n) is 2.42. The molecule has 6 heteroatoms. The molecule has 19 heavy (non-hydrogen) atoms. The van der Waals surface area contributed by atoms with Crippen LogP contribution in [0.2, 0.25) is 0 Å². The van der Waals surface area contributed by atoms with Gasteiger partial charge in [0.25, 0.3) is 0 Å². The van der Waals surface area contributed by atoms with Crippen molar-refractivity contribution >= 4 is 11.9 Å². The summed E-state index contributed by atoms with van der Waals surface area (Å²) in [5.74, 6) is -2.07. The number of hydrogen-bond acceptors (Lipinski definition) is 4. The first-order valence-electron chi connectivity index (χ1n) is 5.74. The number of ether oxygens (including phenoxy) is 2. The Bertz CT molecular complexity index is 476. The van der Waals surface area contributed by atoms with Gasteiger partial charge in [-0.15, -0.1) is 0 Å². The Kier molecular flexibility index (Phi) is 5.29. The second-order valence-electron chi connectivity index (χ2n) is 3.85. The van der Waals surface area contributed by atoms with Gasteiger partial charge in [-0.2, -0.15) is 0 Å². The molecule has 0 heterocycles. The Hall–Kier alpha value is -2.11. The predicted molar refractivity (Wildman–Crippen MR) is 66.1 cm³/mol. The number of rotatable bonds is 4. The topological polar surface area (TPSA) is 55.8 Å². The zero-order valence-corrected chi connectivity index (χ0v) is 11.1. The molecule has 5 nitrogen and oxygen atoms in total. The van der Waals surface area contributed by atoms with Crippen LogP contribution < -0.4 is 4.74 Å². The molecule has 0 N–H and O–H groups in total. The maximum atomic E-state index is 13.6. The molecule has 0 spiro atoms. The lowest BCUT2D eigenvalue weighted by Crippen LogP contribution is -2.33. The van der Waals surface area contributed by atoms with Crippen LogP contribution in [-0.4, -0.2) is 37.5 Å². The summed E-state index contributed by atoms with van der Waals surface area (Å²) in [5, 5.41) is 0. The zero-order valence-electron chi connectivity index (χ0n) is 11.1. The van der Waals surface area contributed by atoms with Crippen molar-refractivity contribution in [3.8, 4) is 5.75 Å². The molecule has 1 aromatic rings. The summed E-state index contributed by atoms with van der Waals surface area (Å²) in [6.45, 7) is 2.24. The molecule has 0 atom stereocenters. The third-order valence-corrected chi connectivity index (χ3v) is 2.42. The molecule has 0 bridgehead atoms. The van der Waals surface area contributed by atoms with Crippen LogP contribution in [0.3, 0.4) is 0 Å². The molecule has 0 aliphatic carbocycles. The van der Waals surface area contributed by atoms with Crippen LogP contribution in [0.4, 0.5) is 4.39 Å². The number of carbonyl (C=O) groups is 2. The van der Waals surface area contributed by atoms with Crippen molar-refractivity contribution in [2.45, 2.75) is 13.5 Å². The molecule has 104 valence electrons. The fourth-order valence-electron chi connectivity index (χ4n) is 1.50. The number of likely N-dealkylation sites (N-methyl/N-ethyl adjacent to an activating group) is 1. The molecule has 0 saturated heterocycles. The van der Waals surface area contributed by atoms with Crippen molar-refractivity contribution < 1.29 is 23.5 Å². The second-order valence-corrected chi connectivity index (χ2v) is 3.85. The number of nitrogens with zero attached hydrogens (tertiary/aromatic N) is 1. The molecule has 0 aliphatic heterocycles. The molecule has 1 aromatic carbocycles. The SMILES string of the molecule is CCOc1ccc(CN(C)C(=O)C(=O)OC)cc1F. The average molecular weight is 269 g/mol. The van der Waals surface area contributed by atoms with Crippen LogP contribution >= 0.6 is 0 Å². The van der Waals surface area contributed by atoms with Crippen LogP contribution in [0.1, 0.15) is 12.5 Å². The van der Waals surface area contributed by atoms with Gasteiger partial charge < -0.3 is 14.4 Å². The van der Waals surface area contributed by atoms with E-state index in [1.807, 2.05) is 0 Å². The Morgan fingerprint density at radius 3 is 2.58 bits per heavy atom. The number of carbonyl (C=O) groups excluding carboxylic acids is 2. The quantitative estimate of drug-likeness (QED) is 0.611. The van der Waals surface area contributed by atoms with E-state index in [1.54, 1.807) is 13.0 Å². The molecule has 0 aliphatic rings. The van der Waals surface area contributed by atoms with Gasteiger partial charge in [0.2, 0.25) is 0 Å². The van der Waals surface area contributed by atoms with Crippen molar-refractivity contribution in [1.29, 1.82) is 0 Å². The summed E-state index contributed by atoms with van der Waals surface area (Å²) in [7, 11) is 2.57. The summed E-state index contributed by atoms with van der Waals surface area (Å²) >= 11 is 0. The van der Waals surface area contributed by atoms with Crippen molar-refractivity contribution in [3.05, 3.63) is 29.6 Å². The van der Waals surface area contributed by atoms with E-state index >= 15 is 0 Å². The van der Waals surface area contributed by atoms with Gasteiger partial charge in [-0.1, -0.05) is 6.07 Å². The van der Waals surface area contributed by atoms with Gasteiger partial charge in [-0.05, 0) is 24.6 Å². The average Bonchev–Trinajstić information content (AvgIpc) is 2.40. The normalized spacial score (nSPS) is 9.89. The van der Waals surface area contributed by atoms with Gasteiger partial charge in [0.1, 0.15) is 0 Å². The number of benzene rings is 1. The Morgan fingerprint density at radius 2 is 2.05 bits per heavy atom. The van der Waals surface area contributed by atoms with Gasteiger partial charge in [-0.3, -0.25) is 4.79 Å².